The minimum atomic E-state index is -0.00609. The highest BCUT2D eigenvalue weighted by Crippen LogP contribution is 2.65. The number of carbonyl (C=O) groups is 1. The Balaban J connectivity index is 1.57. The van der Waals surface area contributed by atoms with E-state index in [1.54, 1.807) is 0 Å². The van der Waals surface area contributed by atoms with E-state index in [4.69, 9.17) is 4.74 Å². The summed E-state index contributed by atoms with van der Waals surface area (Å²) in [5.41, 5.74) is 0.547. The van der Waals surface area contributed by atoms with Crippen LogP contribution in [0.4, 0.5) is 0 Å². The molecule has 0 aromatic heterocycles. The minimum absolute atomic E-state index is 0.00609. The highest BCUT2D eigenvalue weighted by Gasteiger charge is 2.61. The quantitative estimate of drug-likeness (QED) is 0.921. The minimum Gasteiger partial charge on any atom is -0.484 e. The largest absolute Gasteiger partial charge is 0.484 e. The number of para-hydroxylation sites is 1. The molecule has 1 amide bonds. The van der Waals surface area contributed by atoms with Gasteiger partial charge in [-0.15, -0.1) is 0 Å². The zero-order valence-corrected chi connectivity index (χ0v) is 13.2. The molecule has 2 bridgehead atoms. The molecule has 1 aromatic carbocycles. The van der Waals surface area contributed by atoms with Gasteiger partial charge in [0.05, 0.1) is 0 Å². The van der Waals surface area contributed by atoms with Crippen LogP contribution >= 0.6 is 0 Å². The highest BCUT2D eigenvalue weighted by atomic mass is 16.5. The van der Waals surface area contributed by atoms with E-state index in [0.717, 1.165) is 18.1 Å². The van der Waals surface area contributed by atoms with Gasteiger partial charge in [-0.2, -0.15) is 0 Å². The van der Waals surface area contributed by atoms with E-state index in [0.29, 0.717) is 5.41 Å². The second kappa shape index (κ2) is 5.04. The molecule has 3 rings (SSSR count). The second-order valence-electron chi connectivity index (χ2n) is 7.33. The number of amides is 1. The first-order chi connectivity index (χ1) is 9.93. The van der Waals surface area contributed by atoms with E-state index >= 15 is 0 Å². The van der Waals surface area contributed by atoms with Crippen LogP contribution in [0.15, 0.2) is 30.3 Å². The Morgan fingerprint density at radius 1 is 1.29 bits per heavy atom. The van der Waals surface area contributed by atoms with E-state index in [9.17, 15) is 4.79 Å². The van der Waals surface area contributed by atoms with Crippen molar-refractivity contribution in [2.45, 2.75) is 46.1 Å². The number of rotatable bonds is 4. The third-order valence-electron chi connectivity index (χ3n) is 6.24. The lowest BCUT2D eigenvalue weighted by Gasteiger charge is -2.39. The molecule has 2 aliphatic rings. The number of hydrogen-bond acceptors (Lipinski definition) is 2. The van der Waals surface area contributed by atoms with Crippen LogP contribution in [0, 0.1) is 16.7 Å². The molecule has 114 valence electrons. The summed E-state index contributed by atoms with van der Waals surface area (Å²) >= 11 is 0. The predicted molar refractivity (Wildman–Crippen MR) is 83.1 cm³/mol. The normalized spacial score (nSPS) is 32.9. The maximum absolute atomic E-state index is 12.2. The molecule has 0 aliphatic heterocycles. The number of hydrogen-bond donors (Lipinski definition) is 1. The van der Waals surface area contributed by atoms with Crippen molar-refractivity contribution >= 4 is 5.91 Å². The van der Waals surface area contributed by atoms with Crippen molar-refractivity contribution in [1.29, 1.82) is 0 Å². The number of nitrogens with one attached hydrogen (secondary N) is 1. The van der Waals surface area contributed by atoms with E-state index < -0.39 is 0 Å². The van der Waals surface area contributed by atoms with Crippen LogP contribution in [0.2, 0.25) is 0 Å². The topological polar surface area (TPSA) is 38.3 Å². The molecule has 0 saturated heterocycles. The SMILES string of the molecule is CC1(C)[C@@H]2CC[C@@]1(C)[C@@H](NC(=O)COc1ccccc1)C2. The Bertz CT molecular complexity index is 525. The van der Waals surface area contributed by atoms with Crippen molar-refractivity contribution in [3.05, 3.63) is 30.3 Å². The van der Waals surface area contributed by atoms with Gasteiger partial charge in [0.25, 0.3) is 5.91 Å². The van der Waals surface area contributed by atoms with Gasteiger partial charge in [0.2, 0.25) is 0 Å². The second-order valence-corrected chi connectivity index (χ2v) is 7.33. The first-order valence-electron chi connectivity index (χ1n) is 7.91. The number of carbonyl (C=O) groups excluding carboxylic acids is 1. The predicted octanol–water partition coefficient (Wildman–Crippen LogP) is 3.40. The van der Waals surface area contributed by atoms with Crippen LogP contribution in [0.3, 0.4) is 0 Å². The maximum atomic E-state index is 12.2. The van der Waals surface area contributed by atoms with Crippen molar-refractivity contribution in [2.75, 3.05) is 6.61 Å². The molecule has 2 fully saturated rings. The zero-order valence-electron chi connectivity index (χ0n) is 13.2. The summed E-state index contributed by atoms with van der Waals surface area (Å²) in [7, 11) is 0. The van der Waals surface area contributed by atoms with Crippen LogP contribution in [-0.4, -0.2) is 18.6 Å². The molecule has 1 aromatic rings. The fourth-order valence-electron chi connectivity index (χ4n) is 4.32. The van der Waals surface area contributed by atoms with Crippen molar-refractivity contribution in [3.63, 3.8) is 0 Å². The average Bonchev–Trinajstić information content (AvgIpc) is 2.79. The summed E-state index contributed by atoms with van der Waals surface area (Å²) in [5, 5.41) is 3.21. The van der Waals surface area contributed by atoms with Crippen molar-refractivity contribution in [3.8, 4) is 5.75 Å². The van der Waals surface area contributed by atoms with Crippen LogP contribution in [-0.2, 0) is 4.79 Å². The molecule has 3 atom stereocenters. The van der Waals surface area contributed by atoms with Gasteiger partial charge in [0, 0.05) is 6.04 Å². The van der Waals surface area contributed by atoms with Gasteiger partial charge in [-0.25, -0.2) is 0 Å². The molecule has 0 radical (unpaired) electrons. The van der Waals surface area contributed by atoms with Gasteiger partial charge in [0.15, 0.2) is 6.61 Å². The van der Waals surface area contributed by atoms with Crippen LogP contribution in [0.1, 0.15) is 40.0 Å². The van der Waals surface area contributed by atoms with Gasteiger partial charge < -0.3 is 10.1 Å². The molecule has 3 heteroatoms. The van der Waals surface area contributed by atoms with Crippen molar-refractivity contribution in [1.82, 2.24) is 5.32 Å². The van der Waals surface area contributed by atoms with Crippen molar-refractivity contribution in [2.24, 2.45) is 16.7 Å². The third kappa shape index (κ3) is 2.33. The Hall–Kier alpha value is -1.51. The molecule has 0 unspecified atom stereocenters. The molecule has 3 nitrogen and oxygen atoms in total. The lowest BCUT2D eigenvalue weighted by atomic mass is 9.69. The standard InChI is InChI=1S/C18H25NO2/c1-17(2)13-9-10-18(17,3)15(11-13)19-16(20)12-21-14-7-5-4-6-8-14/h4-8,13,15H,9-12H2,1-3H3,(H,19,20)/t13-,15+,18+/m1/s1. The molecule has 1 N–H and O–H groups in total. The number of fused-ring (bicyclic) bond motifs is 2. The molecule has 2 saturated carbocycles. The zero-order chi connectivity index (χ0) is 15.1. The van der Waals surface area contributed by atoms with E-state index in [2.05, 4.69) is 26.1 Å². The Morgan fingerprint density at radius 3 is 2.57 bits per heavy atom. The lowest BCUT2D eigenvalue weighted by Crippen LogP contribution is -2.48. The Kier molecular flexibility index (Phi) is 3.46. The van der Waals surface area contributed by atoms with Crippen molar-refractivity contribution < 1.29 is 9.53 Å². The maximum Gasteiger partial charge on any atom is 0.258 e. The summed E-state index contributed by atoms with van der Waals surface area (Å²) < 4.78 is 5.53. The van der Waals surface area contributed by atoms with Crippen LogP contribution in [0.25, 0.3) is 0 Å². The smallest absolute Gasteiger partial charge is 0.258 e. The number of ether oxygens (including phenoxy) is 1. The van der Waals surface area contributed by atoms with E-state index in [-0.39, 0.29) is 24.0 Å². The van der Waals surface area contributed by atoms with E-state index in [1.165, 1.54) is 12.8 Å². The summed E-state index contributed by atoms with van der Waals surface area (Å²) in [6, 6.07) is 9.79. The van der Waals surface area contributed by atoms with Gasteiger partial charge in [-0.3, -0.25) is 4.79 Å². The summed E-state index contributed by atoms with van der Waals surface area (Å²) in [5.74, 6) is 1.48. The van der Waals surface area contributed by atoms with Gasteiger partial charge in [-0.05, 0) is 48.1 Å². The lowest BCUT2D eigenvalue weighted by molar-refractivity contribution is -0.124. The molecule has 0 heterocycles. The van der Waals surface area contributed by atoms with Gasteiger partial charge in [0.1, 0.15) is 5.75 Å². The molecular formula is C18H25NO2. The average molecular weight is 287 g/mol. The molecule has 21 heavy (non-hydrogen) atoms. The summed E-state index contributed by atoms with van der Waals surface area (Å²) in [6.45, 7) is 7.15. The Morgan fingerprint density at radius 2 is 2.00 bits per heavy atom. The number of benzene rings is 1. The fourth-order valence-corrected chi connectivity index (χ4v) is 4.32. The fraction of sp³-hybridized carbons (Fsp3) is 0.611. The van der Waals surface area contributed by atoms with Crippen LogP contribution in [0.5, 0.6) is 5.75 Å². The highest BCUT2D eigenvalue weighted by molar-refractivity contribution is 5.78. The first-order valence-corrected chi connectivity index (χ1v) is 7.91. The summed E-state index contributed by atoms with van der Waals surface area (Å²) in [6.07, 6.45) is 3.63. The third-order valence-corrected chi connectivity index (χ3v) is 6.24. The molecular weight excluding hydrogens is 262 g/mol. The van der Waals surface area contributed by atoms with Gasteiger partial charge >= 0.3 is 0 Å². The monoisotopic (exact) mass is 287 g/mol. The first kappa shape index (κ1) is 14.4. The summed E-state index contributed by atoms with van der Waals surface area (Å²) in [4.78, 5) is 12.2. The molecule has 0 spiro atoms. The Labute approximate surface area is 127 Å². The molecule has 2 aliphatic carbocycles. The van der Waals surface area contributed by atoms with Crippen LogP contribution < -0.4 is 10.1 Å². The van der Waals surface area contributed by atoms with E-state index in [1.807, 2.05) is 30.3 Å². The van der Waals surface area contributed by atoms with Gasteiger partial charge in [-0.1, -0.05) is 39.0 Å².